The van der Waals surface area contributed by atoms with Gasteiger partial charge in [0.15, 0.2) is 5.65 Å². The van der Waals surface area contributed by atoms with Gasteiger partial charge in [-0.05, 0) is 13.8 Å². The van der Waals surface area contributed by atoms with Crippen molar-refractivity contribution in [2.75, 3.05) is 0 Å². The van der Waals surface area contributed by atoms with Crippen LogP contribution in [0.1, 0.15) is 21.7 Å². The largest absolute Gasteiger partial charge is 0.477 e. The maximum Gasteiger partial charge on any atom is 0.353 e. The summed E-state index contributed by atoms with van der Waals surface area (Å²) in [5.74, 6) is -1.12. The number of fused-ring (bicyclic) bond motifs is 1. The zero-order valence-corrected chi connectivity index (χ0v) is 8.24. The van der Waals surface area contributed by atoms with Crippen LogP contribution < -0.4 is 5.56 Å². The number of aromatic carboxylic acids is 1. The first kappa shape index (κ1) is 9.45. The minimum atomic E-state index is -1.12. The fourth-order valence-electron chi connectivity index (χ4n) is 1.33. The van der Waals surface area contributed by atoms with Crippen LogP contribution in [0, 0.1) is 13.8 Å². The standard InChI is InChI=1S/C9H9N3O3/c1-4-5(2)10-7-3-6(9(14)15)11-12(7)8(4)13/h3,11H,1-2H3,(H,14,15). The van der Waals surface area contributed by atoms with Crippen LogP contribution in [0.4, 0.5) is 0 Å². The van der Waals surface area contributed by atoms with Crippen LogP contribution in [-0.2, 0) is 0 Å². The summed E-state index contributed by atoms with van der Waals surface area (Å²) in [6.07, 6.45) is 0. The predicted octanol–water partition coefficient (Wildman–Crippen LogP) is 0.338. The topological polar surface area (TPSA) is 87.5 Å². The van der Waals surface area contributed by atoms with E-state index in [-0.39, 0.29) is 11.3 Å². The van der Waals surface area contributed by atoms with E-state index in [4.69, 9.17) is 5.11 Å². The Morgan fingerprint density at radius 2 is 2.20 bits per heavy atom. The van der Waals surface area contributed by atoms with E-state index in [0.29, 0.717) is 16.9 Å². The van der Waals surface area contributed by atoms with Crippen molar-refractivity contribution in [2.45, 2.75) is 13.8 Å². The Morgan fingerprint density at radius 1 is 1.53 bits per heavy atom. The summed E-state index contributed by atoms with van der Waals surface area (Å²) < 4.78 is 1.13. The molecule has 0 atom stereocenters. The Balaban J connectivity index is 2.88. The zero-order valence-electron chi connectivity index (χ0n) is 8.24. The number of nitrogens with one attached hydrogen (secondary N) is 1. The van der Waals surface area contributed by atoms with Crippen molar-refractivity contribution >= 4 is 11.6 Å². The molecule has 0 unspecified atom stereocenters. The minimum absolute atomic E-state index is 0.0513. The van der Waals surface area contributed by atoms with E-state index < -0.39 is 5.97 Å². The minimum Gasteiger partial charge on any atom is -0.477 e. The molecule has 6 nitrogen and oxygen atoms in total. The van der Waals surface area contributed by atoms with E-state index in [1.54, 1.807) is 13.8 Å². The average Bonchev–Trinajstić information content (AvgIpc) is 2.58. The van der Waals surface area contributed by atoms with Crippen molar-refractivity contribution in [3.8, 4) is 0 Å². The van der Waals surface area contributed by atoms with Gasteiger partial charge in [-0.25, -0.2) is 14.3 Å². The molecule has 0 aromatic carbocycles. The Morgan fingerprint density at radius 3 is 2.80 bits per heavy atom. The molecule has 2 aromatic heterocycles. The lowest BCUT2D eigenvalue weighted by Gasteiger charge is -1.98. The van der Waals surface area contributed by atoms with Gasteiger partial charge in [-0.1, -0.05) is 0 Å². The molecule has 2 aromatic rings. The third kappa shape index (κ3) is 1.30. The third-order valence-corrected chi connectivity index (χ3v) is 2.31. The van der Waals surface area contributed by atoms with Crippen LogP contribution in [0.25, 0.3) is 5.65 Å². The Hall–Kier alpha value is -2.11. The number of nitrogens with zero attached hydrogens (tertiary/aromatic N) is 2. The van der Waals surface area contributed by atoms with E-state index >= 15 is 0 Å². The summed E-state index contributed by atoms with van der Waals surface area (Å²) >= 11 is 0. The fraction of sp³-hybridized carbons (Fsp3) is 0.222. The maximum atomic E-state index is 11.7. The van der Waals surface area contributed by atoms with Crippen LogP contribution in [0.3, 0.4) is 0 Å². The van der Waals surface area contributed by atoms with Crippen LogP contribution in [0.5, 0.6) is 0 Å². The lowest BCUT2D eigenvalue weighted by atomic mass is 10.3. The number of aromatic amines is 1. The summed E-state index contributed by atoms with van der Waals surface area (Å²) in [5, 5.41) is 11.2. The molecule has 0 bridgehead atoms. The van der Waals surface area contributed by atoms with Gasteiger partial charge in [-0.2, -0.15) is 0 Å². The van der Waals surface area contributed by atoms with Crippen molar-refractivity contribution in [2.24, 2.45) is 0 Å². The molecular formula is C9H9N3O3. The monoisotopic (exact) mass is 207 g/mol. The van der Waals surface area contributed by atoms with Gasteiger partial charge < -0.3 is 5.11 Å². The molecule has 2 rings (SSSR count). The van der Waals surface area contributed by atoms with Gasteiger partial charge in [0, 0.05) is 17.3 Å². The molecule has 0 radical (unpaired) electrons. The molecule has 0 fully saturated rings. The first-order chi connectivity index (χ1) is 7.00. The SMILES string of the molecule is Cc1nc2cc(C(=O)O)[nH]n2c(=O)c1C. The second kappa shape index (κ2) is 2.94. The molecule has 2 N–H and O–H groups in total. The smallest absolute Gasteiger partial charge is 0.353 e. The molecule has 78 valence electrons. The quantitative estimate of drug-likeness (QED) is 0.705. The summed E-state index contributed by atoms with van der Waals surface area (Å²) in [6, 6.07) is 1.33. The lowest BCUT2D eigenvalue weighted by molar-refractivity contribution is 0.0690. The lowest BCUT2D eigenvalue weighted by Crippen LogP contribution is -2.19. The number of H-pyrrole nitrogens is 1. The highest BCUT2D eigenvalue weighted by molar-refractivity contribution is 5.86. The van der Waals surface area contributed by atoms with Crippen LogP contribution in [-0.4, -0.2) is 25.7 Å². The van der Waals surface area contributed by atoms with Gasteiger partial charge in [-0.15, -0.1) is 0 Å². The highest BCUT2D eigenvalue weighted by atomic mass is 16.4. The molecule has 0 aliphatic heterocycles. The average molecular weight is 207 g/mol. The number of carbonyl (C=O) groups is 1. The number of aryl methyl sites for hydroxylation is 1. The first-order valence-corrected chi connectivity index (χ1v) is 4.33. The molecule has 2 heterocycles. The van der Waals surface area contributed by atoms with Crippen LogP contribution in [0.2, 0.25) is 0 Å². The highest BCUT2D eigenvalue weighted by Gasteiger charge is 2.11. The van der Waals surface area contributed by atoms with E-state index in [2.05, 4.69) is 10.1 Å². The van der Waals surface area contributed by atoms with E-state index in [1.165, 1.54) is 6.07 Å². The molecule has 6 heteroatoms. The number of carboxylic acids is 1. The fourth-order valence-corrected chi connectivity index (χ4v) is 1.33. The number of hydrogen-bond donors (Lipinski definition) is 2. The molecule has 0 saturated heterocycles. The van der Waals surface area contributed by atoms with E-state index in [1.807, 2.05) is 0 Å². The zero-order chi connectivity index (χ0) is 11.2. The molecule has 0 spiro atoms. The van der Waals surface area contributed by atoms with Crippen molar-refractivity contribution in [1.29, 1.82) is 0 Å². The van der Waals surface area contributed by atoms with Crippen LogP contribution in [0.15, 0.2) is 10.9 Å². The van der Waals surface area contributed by atoms with Gasteiger partial charge in [-0.3, -0.25) is 9.89 Å². The second-order valence-electron chi connectivity index (χ2n) is 3.30. The first-order valence-electron chi connectivity index (χ1n) is 4.33. The van der Waals surface area contributed by atoms with Gasteiger partial charge in [0.2, 0.25) is 0 Å². The Bertz CT molecular complexity index is 609. The van der Waals surface area contributed by atoms with Crippen molar-refractivity contribution in [3.63, 3.8) is 0 Å². The van der Waals surface area contributed by atoms with Crippen LogP contribution >= 0.6 is 0 Å². The normalized spacial score (nSPS) is 10.8. The van der Waals surface area contributed by atoms with Gasteiger partial charge >= 0.3 is 5.97 Å². The molecule has 0 aliphatic rings. The van der Waals surface area contributed by atoms with E-state index in [9.17, 15) is 9.59 Å². The highest BCUT2D eigenvalue weighted by Crippen LogP contribution is 2.04. The molecule has 0 saturated carbocycles. The number of carboxylic acid groups (broad SMARTS) is 1. The Labute approximate surface area is 84.2 Å². The third-order valence-electron chi connectivity index (χ3n) is 2.31. The van der Waals surface area contributed by atoms with Crippen molar-refractivity contribution in [3.05, 3.63) is 33.4 Å². The van der Waals surface area contributed by atoms with Crippen molar-refractivity contribution < 1.29 is 9.90 Å². The summed E-state index contributed by atoms with van der Waals surface area (Å²) in [7, 11) is 0. The van der Waals surface area contributed by atoms with Gasteiger partial charge in [0.1, 0.15) is 5.69 Å². The van der Waals surface area contributed by atoms with Crippen molar-refractivity contribution in [1.82, 2.24) is 14.6 Å². The number of rotatable bonds is 1. The molecular weight excluding hydrogens is 198 g/mol. The number of aromatic nitrogens is 3. The van der Waals surface area contributed by atoms with Gasteiger partial charge in [0.05, 0.1) is 0 Å². The summed E-state index contributed by atoms with van der Waals surface area (Å²) in [4.78, 5) is 26.5. The maximum absolute atomic E-state index is 11.7. The summed E-state index contributed by atoms with van der Waals surface area (Å²) in [5.41, 5.74) is 1.11. The van der Waals surface area contributed by atoms with Gasteiger partial charge in [0.25, 0.3) is 5.56 Å². The molecule has 0 amide bonds. The molecule has 0 aliphatic carbocycles. The second-order valence-corrected chi connectivity index (χ2v) is 3.30. The number of hydrogen-bond acceptors (Lipinski definition) is 3. The predicted molar refractivity (Wildman–Crippen MR) is 52.2 cm³/mol. The Kier molecular flexibility index (Phi) is 1.85. The molecule has 15 heavy (non-hydrogen) atoms. The summed E-state index contributed by atoms with van der Waals surface area (Å²) in [6.45, 7) is 3.36. The van der Waals surface area contributed by atoms with E-state index in [0.717, 1.165) is 4.52 Å².